The highest BCUT2D eigenvalue weighted by atomic mass is 33.1. The number of hydrogen-bond donors (Lipinski definition) is 2. The van der Waals surface area contributed by atoms with E-state index in [1.165, 1.54) is 51.8 Å². The van der Waals surface area contributed by atoms with Crippen LogP contribution in [-0.4, -0.2) is 101 Å². The highest BCUT2D eigenvalue weighted by Gasteiger charge is 2.77. The van der Waals surface area contributed by atoms with E-state index in [9.17, 15) is 38.6 Å². The van der Waals surface area contributed by atoms with E-state index in [0.717, 1.165) is 64.6 Å². The molecule has 76 heavy (non-hydrogen) atoms. The van der Waals surface area contributed by atoms with Crippen molar-refractivity contribution in [3.63, 3.8) is 0 Å². The Morgan fingerprint density at radius 1 is 0.829 bits per heavy atom. The third kappa shape index (κ3) is 14.4. The Kier molecular flexibility index (Phi) is 23.1. The summed E-state index contributed by atoms with van der Waals surface area (Å²) in [6, 6.07) is 14.3. The first-order valence-electron chi connectivity index (χ1n) is 27.0. The standard InChI is InChI=1S/C58H78F2O13S3/c1-6-51(64)73-58(52(65)74-38-59)39(2)32-44-45-35-47(60)46-34-43(61)24-25-55(46,3)57(45,5)50(36-56(44,58)4)72-54(67)70-29-31-76-75-30-28-69-53(66)71-37-42-33-41(22-23-49(42)63)48(62)21-15-8-7-9-16-26-68-27-17-11-14-20-40-18-12-10-13-19-40/h10,12-13,18-19,22-25,33-34,39,44-45,47-48,50,62-63H,6-9,11,14-17,20-21,26-32,35-38H2,1-5H3/t39-,44+,45+,47+,48?,50+,55+,56+,57-,58+/m1/s1. The number of ketones is 1. The third-order valence-corrected chi connectivity index (χ3v) is 19.8. The molecular weight excluding hydrogens is 1040 g/mol. The summed E-state index contributed by atoms with van der Waals surface area (Å²) in [6.45, 7) is 10.2. The van der Waals surface area contributed by atoms with Gasteiger partial charge in [-0.1, -0.05) is 131 Å². The lowest BCUT2D eigenvalue weighted by Crippen LogP contribution is -2.68. The van der Waals surface area contributed by atoms with E-state index in [1.807, 2.05) is 19.9 Å². The molecule has 2 aromatic rings. The maximum absolute atomic E-state index is 16.5. The fourth-order valence-corrected chi connectivity index (χ4v) is 15.0. The van der Waals surface area contributed by atoms with Crippen LogP contribution in [0.2, 0.25) is 0 Å². The van der Waals surface area contributed by atoms with E-state index in [2.05, 4.69) is 24.3 Å². The molecule has 4 aliphatic rings. The SMILES string of the molecule is CCC(=O)O[C@]1(C(=O)SCF)[C@H](C)C[C@H]2[C@@H]3C[C@H](F)C4=CC(=O)C=C[C@]4(C)[C@@]3(C)[C@@H](OC(=O)OCCSSCCOC(=O)OCc3cc(C(O)CCCCCCCOCCCCCc4ccccc4)ccc3O)C[C@@]21C. The van der Waals surface area contributed by atoms with Crippen molar-refractivity contribution in [2.45, 2.75) is 155 Å². The number of ether oxygens (including phenoxy) is 6. The number of fused-ring (bicyclic) bond motifs is 5. The van der Waals surface area contributed by atoms with Crippen LogP contribution in [0.25, 0.3) is 0 Å². The Bertz CT molecular complexity index is 2340. The first-order chi connectivity index (χ1) is 36.4. The Balaban J connectivity index is 0.893. The van der Waals surface area contributed by atoms with Crippen LogP contribution in [0, 0.1) is 34.0 Å². The van der Waals surface area contributed by atoms with Crippen LogP contribution in [0.5, 0.6) is 5.75 Å². The van der Waals surface area contributed by atoms with Crippen molar-refractivity contribution in [2.75, 3.05) is 43.9 Å². The van der Waals surface area contributed by atoms with Gasteiger partial charge >= 0.3 is 18.3 Å². The number of aromatic hydroxyl groups is 1. The number of allylic oxidation sites excluding steroid dienone is 4. The van der Waals surface area contributed by atoms with Crippen LogP contribution in [0.1, 0.15) is 141 Å². The predicted molar refractivity (Wildman–Crippen MR) is 292 cm³/mol. The molecule has 0 amide bonds. The Morgan fingerprint density at radius 2 is 1.50 bits per heavy atom. The topological polar surface area (TPSA) is 181 Å². The van der Waals surface area contributed by atoms with E-state index in [1.54, 1.807) is 39.0 Å². The molecule has 3 saturated carbocycles. The number of halogens is 2. The first kappa shape index (κ1) is 61.1. The molecule has 0 bridgehead atoms. The van der Waals surface area contributed by atoms with E-state index >= 15 is 4.39 Å². The molecule has 2 N–H and O–H groups in total. The molecule has 2 aromatic carbocycles. The summed E-state index contributed by atoms with van der Waals surface area (Å²) in [6.07, 6.45) is 9.64. The number of carbonyl (C=O) groups is 5. The monoisotopic (exact) mass is 1120 g/mol. The van der Waals surface area contributed by atoms with Crippen molar-refractivity contribution in [1.82, 2.24) is 0 Å². The molecule has 0 aromatic heterocycles. The van der Waals surface area contributed by atoms with Gasteiger partial charge in [0.05, 0.1) is 6.10 Å². The minimum Gasteiger partial charge on any atom is -0.508 e. The van der Waals surface area contributed by atoms with Crippen LogP contribution in [0.4, 0.5) is 18.4 Å². The molecule has 0 radical (unpaired) electrons. The summed E-state index contributed by atoms with van der Waals surface area (Å²) in [5.74, 6) is -1.84. The van der Waals surface area contributed by atoms with Gasteiger partial charge in [0.25, 0.3) is 0 Å². The number of phenols is 1. The molecule has 4 aliphatic carbocycles. The number of thioether (sulfide) groups is 1. The normalized spacial score (nSPS) is 27.8. The van der Waals surface area contributed by atoms with Crippen molar-refractivity contribution in [1.29, 1.82) is 0 Å². The van der Waals surface area contributed by atoms with Crippen molar-refractivity contribution in [3.8, 4) is 5.75 Å². The number of aryl methyl sites for hydroxylation is 1. The summed E-state index contributed by atoms with van der Waals surface area (Å²) in [4.78, 5) is 65.9. The number of carbonyl (C=O) groups excluding carboxylic acids is 5. The Hall–Kier alpha value is -4.10. The van der Waals surface area contributed by atoms with Gasteiger partial charge in [-0.05, 0) is 116 Å². The average molecular weight is 1120 g/mol. The lowest BCUT2D eigenvalue weighted by atomic mass is 9.39. The largest absolute Gasteiger partial charge is 0.508 e. The third-order valence-electron chi connectivity index (χ3n) is 16.7. The fourth-order valence-electron chi connectivity index (χ4n) is 12.5. The van der Waals surface area contributed by atoms with Gasteiger partial charge in [-0.25, -0.2) is 18.4 Å². The second kappa shape index (κ2) is 28.7. The van der Waals surface area contributed by atoms with E-state index in [0.29, 0.717) is 47.2 Å². The number of hydrogen-bond acceptors (Lipinski definition) is 16. The summed E-state index contributed by atoms with van der Waals surface area (Å²) >= 11 is 0.430. The first-order valence-corrected chi connectivity index (χ1v) is 30.5. The highest BCUT2D eigenvalue weighted by Crippen LogP contribution is 2.74. The van der Waals surface area contributed by atoms with Crippen LogP contribution < -0.4 is 0 Å². The van der Waals surface area contributed by atoms with Gasteiger partial charge in [0.2, 0.25) is 5.12 Å². The van der Waals surface area contributed by atoms with Crippen LogP contribution in [0.15, 0.2) is 72.3 Å². The van der Waals surface area contributed by atoms with E-state index < -0.39 is 87.4 Å². The van der Waals surface area contributed by atoms with Crippen LogP contribution in [0.3, 0.4) is 0 Å². The number of aliphatic hydroxyl groups is 1. The van der Waals surface area contributed by atoms with Gasteiger partial charge in [0.15, 0.2) is 11.4 Å². The predicted octanol–water partition coefficient (Wildman–Crippen LogP) is 13.1. The molecule has 420 valence electrons. The molecular formula is C58H78F2O13S3. The van der Waals surface area contributed by atoms with Gasteiger partial charge in [0, 0.05) is 58.9 Å². The second-order valence-electron chi connectivity index (χ2n) is 21.2. The van der Waals surface area contributed by atoms with Crippen molar-refractivity contribution in [3.05, 3.63) is 89.0 Å². The molecule has 3 fully saturated rings. The van der Waals surface area contributed by atoms with Crippen molar-refractivity contribution >= 4 is 62.5 Å². The molecule has 0 saturated heterocycles. The number of alkyl halides is 2. The number of rotatable bonds is 29. The Labute approximate surface area is 459 Å². The molecule has 0 aliphatic heterocycles. The minimum absolute atomic E-state index is 0.0139. The zero-order chi connectivity index (χ0) is 54.9. The van der Waals surface area contributed by atoms with Gasteiger partial charge < -0.3 is 38.6 Å². The highest BCUT2D eigenvalue weighted by molar-refractivity contribution is 8.76. The number of benzene rings is 2. The second-order valence-corrected chi connectivity index (χ2v) is 24.8. The van der Waals surface area contributed by atoms with Gasteiger partial charge in [-0.2, -0.15) is 0 Å². The molecule has 18 heteroatoms. The van der Waals surface area contributed by atoms with E-state index in [-0.39, 0.29) is 56.2 Å². The number of aliphatic hydroxyl groups excluding tert-OH is 1. The van der Waals surface area contributed by atoms with Gasteiger partial charge in [0.1, 0.15) is 43.9 Å². The van der Waals surface area contributed by atoms with Crippen LogP contribution >= 0.6 is 33.3 Å². The zero-order valence-electron chi connectivity index (χ0n) is 44.7. The maximum Gasteiger partial charge on any atom is 0.508 e. The zero-order valence-corrected chi connectivity index (χ0v) is 47.2. The molecule has 1 unspecified atom stereocenters. The summed E-state index contributed by atoms with van der Waals surface area (Å²) in [5, 5.41) is 20.6. The molecule has 0 spiro atoms. The van der Waals surface area contributed by atoms with Crippen molar-refractivity contribution < 1.29 is 71.4 Å². The molecule has 10 atom stereocenters. The summed E-state index contributed by atoms with van der Waals surface area (Å²) in [7, 11) is 2.73. The minimum atomic E-state index is -1.79. The molecule has 6 rings (SSSR count). The summed E-state index contributed by atoms with van der Waals surface area (Å²) in [5.41, 5.74) is -2.45. The average Bonchev–Trinajstić information content (AvgIpc) is 3.86. The quantitative estimate of drug-likeness (QED) is 0.0339. The number of unbranched alkanes of at least 4 members (excludes halogenated alkanes) is 6. The molecule has 0 heterocycles. The van der Waals surface area contributed by atoms with Gasteiger partial charge in [-0.15, -0.1) is 0 Å². The number of phenolic OH excluding ortho intramolecular Hbond substituents is 1. The smallest absolute Gasteiger partial charge is 0.508 e. The lowest BCUT2D eigenvalue weighted by molar-refractivity contribution is -0.222. The summed E-state index contributed by atoms with van der Waals surface area (Å²) < 4.78 is 64.6. The van der Waals surface area contributed by atoms with Crippen LogP contribution in [-0.2, 0) is 55.8 Å². The van der Waals surface area contributed by atoms with Crippen molar-refractivity contribution in [2.24, 2.45) is 34.0 Å². The number of esters is 1. The molecule has 13 nitrogen and oxygen atoms in total. The Morgan fingerprint density at radius 3 is 2.20 bits per heavy atom. The maximum atomic E-state index is 16.5. The fraction of sp³-hybridized carbons (Fsp3) is 0.638. The lowest BCUT2D eigenvalue weighted by Gasteiger charge is -2.66. The van der Waals surface area contributed by atoms with E-state index in [4.69, 9.17) is 28.4 Å². The van der Waals surface area contributed by atoms with Gasteiger partial charge in [-0.3, -0.25) is 14.4 Å².